The second-order valence-electron chi connectivity index (χ2n) is 9.18. The molecule has 40 heavy (non-hydrogen) atoms. The van der Waals surface area contributed by atoms with Gasteiger partial charge < -0.3 is 10.5 Å². The van der Waals surface area contributed by atoms with Crippen molar-refractivity contribution in [3.63, 3.8) is 0 Å². The maximum atomic E-state index is 13.3. The fraction of sp³-hybridized carbons (Fsp3) is 0.417. The molecule has 1 aliphatic rings. The van der Waals surface area contributed by atoms with Gasteiger partial charge in [-0.1, -0.05) is 0 Å². The second-order valence-corrected chi connectivity index (χ2v) is 13.2. The van der Waals surface area contributed by atoms with Crippen molar-refractivity contribution in [2.24, 2.45) is 5.73 Å². The zero-order chi connectivity index (χ0) is 29.1. The van der Waals surface area contributed by atoms with Gasteiger partial charge in [-0.2, -0.15) is 0 Å². The molecule has 0 aromatic carbocycles. The number of nitrogens with zero attached hydrogens (tertiary/aromatic N) is 6. The Bertz CT molecular complexity index is 1600. The molecule has 214 valence electrons. The molecule has 3 N–H and O–H groups in total. The largest absolute Gasteiger partial charge is 0.477 e. The molecule has 1 amide bonds. The van der Waals surface area contributed by atoms with E-state index >= 15 is 0 Å². The Morgan fingerprint density at radius 1 is 1.12 bits per heavy atom. The van der Waals surface area contributed by atoms with Gasteiger partial charge in [-0.15, -0.1) is 0 Å². The van der Waals surface area contributed by atoms with Crippen LogP contribution in [0.5, 0.6) is 5.88 Å². The lowest BCUT2D eigenvalue weighted by atomic mass is 9.66. The van der Waals surface area contributed by atoms with Crippen LogP contribution in [0.4, 0.5) is 5.95 Å². The number of aromatic nitrogens is 5. The van der Waals surface area contributed by atoms with Crippen molar-refractivity contribution < 1.29 is 26.4 Å². The molecule has 0 bridgehead atoms. The van der Waals surface area contributed by atoms with Crippen LogP contribution in [0.2, 0.25) is 0 Å². The Morgan fingerprint density at radius 3 is 2.52 bits per heavy atom. The first kappa shape index (κ1) is 29.2. The van der Waals surface area contributed by atoms with Crippen molar-refractivity contribution >= 4 is 31.9 Å². The van der Waals surface area contributed by atoms with E-state index < -0.39 is 37.3 Å². The molecule has 14 nitrogen and oxygen atoms in total. The van der Waals surface area contributed by atoms with Crippen molar-refractivity contribution in [3.05, 3.63) is 54.4 Å². The van der Waals surface area contributed by atoms with Gasteiger partial charge in [-0.05, 0) is 38.5 Å². The number of carbonyl (C=O) groups is 1. The highest BCUT2D eigenvalue weighted by atomic mass is 32.2. The Hall–Kier alpha value is -3.76. The van der Waals surface area contributed by atoms with Crippen LogP contribution in [0.25, 0.3) is 11.3 Å². The molecule has 0 spiro atoms. The molecule has 1 saturated heterocycles. The third kappa shape index (κ3) is 6.03. The van der Waals surface area contributed by atoms with E-state index in [2.05, 4.69) is 29.6 Å². The lowest BCUT2D eigenvalue weighted by Crippen LogP contribution is -2.56. The molecule has 3 aromatic heterocycles. The number of hydrogen-bond acceptors (Lipinski definition) is 11. The number of ether oxygens (including phenoxy) is 1. The number of nitrogens with two attached hydrogens (primary N) is 1. The summed E-state index contributed by atoms with van der Waals surface area (Å²) in [5.74, 6) is -1.68. The standard InChI is InChI=1S/C24H30N8O6S2/c1-4-38-21-14-26-13-19(29-21)16-6-7-18(28-12-16)17-15-32(39(3,34)35)11-9-24(17,22(25)33)20-8-10-27-23(30-20)31-40(36,37)5-2/h6-8,10,12-14,17H,4-5,9,11,15H2,1-3H3,(H2,25,33)(H,27,30,31). The lowest BCUT2D eigenvalue weighted by molar-refractivity contribution is -0.126. The van der Waals surface area contributed by atoms with E-state index in [1.54, 1.807) is 24.5 Å². The number of sulfonamides is 2. The zero-order valence-electron chi connectivity index (χ0n) is 22.2. The Labute approximate surface area is 232 Å². The average Bonchev–Trinajstić information content (AvgIpc) is 2.92. The minimum absolute atomic E-state index is 0.00378. The number of nitrogens with one attached hydrogen (secondary N) is 1. The number of amides is 1. The molecular weight excluding hydrogens is 560 g/mol. The fourth-order valence-electron chi connectivity index (χ4n) is 4.64. The minimum Gasteiger partial charge on any atom is -0.477 e. The molecule has 2 atom stereocenters. The third-order valence-electron chi connectivity index (χ3n) is 6.73. The van der Waals surface area contributed by atoms with Crippen molar-refractivity contribution in [3.8, 4) is 17.1 Å². The van der Waals surface area contributed by atoms with Gasteiger partial charge in [0.1, 0.15) is 5.41 Å². The van der Waals surface area contributed by atoms with Crippen molar-refractivity contribution in [2.45, 2.75) is 31.6 Å². The van der Waals surface area contributed by atoms with E-state index in [1.165, 1.54) is 29.7 Å². The summed E-state index contributed by atoms with van der Waals surface area (Å²) in [6.07, 6.45) is 6.99. The molecule has 4 rings (SSSR count). The third-order valence-corrected chi connectivity index (χ3v) is 9.25. The van der Waals surface area contributed by atoms with Gasteiger partial charge in [0, 0.05) is 42.7 Å². The van der Waals surface area contributed by atoms with E-state index in [4.69, 9.17) is 10.5 Å². The number of hydrogen-bond donors (Lipinski definition) is 2. The molecule has 0 saturated carbocycles. The van der Waals surface area contributed by atoms with Crippen LogP contribution in [0, 0.1) is 0 Å². The van der Waals surface area contributed by atoms with E-state index in [0.29, 0.717) is 29.4 Å². The van der Waals surface area contributed by atoms with Crippen molar-refractivity contribution in [1.82, 2.24) is 29.2 Å². The molecular formula is C24H30N8O6S2. The van der Waals surface area contributed by atoms with Gasteiger partial charge in [0.2, 0.25) is 37.8 Å². The zero-order valence-corrected chi connectivity index (χ0v) is 23.8. The van der Waals surface area contributed by atoms with Crippen LogP contribution in [0.15, 0.2) is 43.0 Å². The van der Waals surface area contributed by atoms with Gasteiger partial charge in [-0.3, -0.25) is 19.5 Å². The van der Waals surface area contributed by atoms with Gasteiger partial charge in [0.15, 0.2) is 0 Å². The second kappa shape index (κ2) is 11.4. The molecule has 16 heteroatoms. The fourth-order valence-corrected chi connectivity index (χ4v) is 6.00. The molecule has 0 aliphatic carbocycles. The quantitative estimate of drug-likeness (QED) is 0.336. The van der Waals surface area contributed by atoms with E-state index in [1.807, 2.05) is 6.92 Å². The summed E-state index contributed by atoms with van der Waals surface area (Å²) in [7, 11) is -7.33. The van der Waals surface area contributed by atoms with Crippen molar-refractivity contribution in [1.29, 1.82) is 0 Å². The van der Waals surface area contributed by atoms with Crippen LogP contribution in [0.3, 0.4) is 0 Å². The molecule has 1 fully saturated rings. The summed E-state index contributed by atoms with van der Waals surface area (Å²) in [6, 6.07) is 4.87. The number of pyridine rings is 1. The predicted octanol–water partition coefficient (Wildman–Crippen LogP) is 0.661. The van der Waals surface area contributed by atoms with Crippen LogP contribution >= 0.6 is 0 Å². The van der Waals surface area contributed by atoms with Gasteiger partial charge >= 0.3 is 0 Å². The Kier molecular flexibility index (Phi) is 8.32. The maximum absolute atomic E-state index is 13.3. The first-order valence-corrected chi connectivity index (χ1v) is 15.9. The summed E-state index contributed by atoms with van der Waals surface area (Å²) in [5, 5.41) is 0. The summed E-state index contributed by atoms with van der Waals surface area (Å²) < 4.78 is 58.2. The van der Waals surface area contributed by atoms with Crippen LogP contribution in [-0.2, 0) is 30.3 Å². The highest BCUT2D eigenvalue weighted by Gasteiger charge is 2.53. The predicted molar refractivity (Wildman–Crippen MR) is 146 cm³/mol. The number of piperidine rings is 1. The molecule has 3 aromatic rings. The summed E-state index contributed by atoms with van der Waals surface area (Å²) in [4.78, 5) is 34.7. The van der Waals surface area contributed by atoms with Gasteiger partial charge in [0.25, 0.3) is 0 Å². The Morgan fingerprint density at radius 2 is 1.90 bits per heavy atom. The number of carbonyl (C=O) groups excluding carboxylic acids is 1. The summed E-state index contributed by atoms with van der Waals surface area (Å²) >= 11 is 0. The number of primary amides is 1. The monoisotopic (exact) mass is 590 g/mol. The number of rotatable bonds is 10. The SMILES string of the molecule is CCOc1cncc(-c2ccc(C3CN(S(C)(=O)=O)CCC3(C(N)=O)c3ccnc(NS(=O)(=O)CC)n3)nc2)n1. The molecule has 4 heterocycles. The normalized spacial score (nSPS) is 20.1. The molecule has 0 radical (unpaired) electrons. The van der Waals surface area contributed by atoms with Crippen molar-refractivity contribution in [2.75, 3.05) is 36.4 Å². The summed E-state index contributed by atoms with van der Waals surface area (Å²) in [5.41, 5.74) is 6.18. The highest BCUT2D eigenvalue weighted by molar-refractivity contribution is 7.92. The van der Waals surface area contributed by atoms with Crippen LogP contribution in [-0.4, -0.2) is 83.7 Å². The van der Waals surface area contributed by atoms with E-state index in [0.717, 1.165) is 6.26 Å². The van der Waals surface area contributed by atoms with Crippen LogP contribution in [0.1, 0.15) is 37.6 Å². The average molecular weight is 591 g/mol. The number of anilines is 1. The van der Waals surface area contributed by atoms with E-state index in [9.17, 15) is 21.6 Å². The summed E-state index contributed by atoms with van der Waals surface area (Å²) in [6.45, 7) is 3.61. The van der Waals surface area contributed by atoms with Crippen LogP contribution < -0.4 is 15.2 Å². The topological polar surface area (TPSA) is 200 Å². The first-order valence-electron chi connectivity index (χ1n) is 12.4. The smallest absolute Gasteiger partial charge is 0.236 e. The minimum atomic E-state index is -3.70. The Balaban J connectivity index is 1.80. The molecule has 2 unspecified atom stereocenters. The first-order chi connectivity index (χ1) is 18.9. The van der Waals surface area contributed by atoms with E-state index in [-0.39, 0.29) is 36.9 Å². The maximum Gasteiger partial charge on any atom is 0.236 e. The van der Waals surface area contributed by atoms with Gasteiger partial charge in [-0.25, -0.2) is 36.1 Å². The lowest BCUT2D eigenvalue weighted by Gasteiger charge is -2.44. The van der Waals surface area contributed by atoms with Gasteiger partial charge in [0.05, 0.1) is 42.4 Å². The molecule has 1 aliphatic heterocycles. The highest BCUT2D eigenvalue weighted by Crippen LogP contribution is 2.45.